The van der Waals surface area contributed by atoms with Crippen molar-refractivity contribution in [3.05, 3.63) is 0 Å². The molecule has 0 aromatic rings. The van der Waals surface area contributed by atoms with Gasteiger partial charge in [-0.15, -0.1) is 0 Å². The summed E-state index contributed by atoms with van der Waals surface area (Å²) in [7, 11) is 0. The van der Waals surface area contributed by atoms with Crippen LogP contribution in [0.2, 0.25) is 0 Å². The van der Waals surface area contributed by atoms with Gasteiger partial charge in [-0.25, -0.2) is 0 Å². The fourth-order valence-corrected chi connectivity index (χ4v) is 3.86. The molecule has 2 aliphatic rings. The second kappa shape index (κ2) is 10.7. The molecule has 132 valence electrons. The molecular formula is C19H34N2O2. The normalized spacial score (nSPS) is 21.2. The summed E-state index contributed by atoms with van der Waals surface area (Å²) < 4.78 is 0. The molecular weight excluding hydrogens is 288 g/mol. The quantitative estimate of drug-likeness (QED) is 0.730. The van der Waals surface area contributed by atoms with Gasteiger partial charge in [0.15, 0.2) is 0 Å². The Morgan fingerprint density at radius 1 is 0.609 bits per heavy atom. The fourth-order valence-electron chi connectivity index (χ4n) is 3.86. The van der Waals surface area contributed by atoms with Crippen LogP contribution in [-0.4, -0.2) is 23.9 Å². The fraction of sp³-hybridized carbons (Fsp3) is 0.895. The average Bonchev–Trinajstić information content (AvgIpc) is 2.92. The highest BCUT2D eigenvalue weighted by molar-refractivity contribution is 5.79. The van der Waals surface area contributed by atoms with E-state index < -0.39 is 0 Å². The zero-order valence-corrected chi connectivity index (χ0v) is 14.6. The summed E-state index contributed by atoms with van der Waals surface area (Å²) in [6, 6.07) is 0.731. The lowest BCUT2D eigenvalue weighted by Gasteiger charge is -2.17. The average molecular weight is 322 g/mol. The molecule has 2 aliphatic carbocycles. The molecule has 0 spiro atoms. The van der Waals surface area contributed by atoms with Gasteiger partial charge in [-0.2, -0.15) is 0 Å². The molecule has 4 heteroatoms. The molecule has 0 heterocycles. The minimum absolute atomic E-state index is 0.124. The van der Waals surface area contributed by atoms with Gasteiger partial charge in [-0.05, 0) is 32.1 Å². The van der Waals surface area contributed by atoms with Gasteiger partial charge in [0, 0.05) is 24.9 Å². The Kier molecular flexibility index (Phi) is 8.48. The molecule has 0 radical (unpaired) electrons. The van der Waals surface area contributed by atoms with Crippen molar-refractivity contribution in [3.63, 3.8) is 0 Å². The highest BCUT2D eigenvalue weighted by Gasteiger charge is 2.16. The van der Waals surface area contributed by atoms with E-state index in [1.54, 1.807) is 0 Å². The van der Waals surface area contributed by atoms with Gasteiger partial charge in [-0.3, -0.25) is 9.59 Å². The Bertz CT molecular complexity index is 320. The lowest BCUT2D eigenvalue weighted by molar-refractivity contribution is -0.123. The smallest absolute Gasteiger partial charge is 0.220 e. The van der Waals surface area contributed by atoms with Crippen molar-refractivity contribution < 1.29 is 9.59 Å². The maximum Gasteiger partial charge on any atom is 0.220 e. The van der Waals surface area contributed by atoms with E-state index in [-0.39, 0.29) is 11.8 Å². The van der Waals surface area contributed by atoms with E-state index in [0.717, 1.165) is 25.7 Å². The second-order valence-corrected chi connectivity index (χ2v) is 7.37. The van der Waals surface area contributed by atoms with Gasteiger partial charge in [0.1, 0.15) is 0 Å². The molecule has 2 fully saturated rings. The monoisotopic (exact) mass is 322 g/mol. The topological polar surface area (TPSA) is 58.2 Å². The van der Waals surface area contributed by atoms with Gasteiger partial charge in [0.05, 0.1) is 0 Å². The Morgan fingerprint density at radius 3 is 1.30 bits per heavy atom. The maximum absolute atomic E-state index is 12.0. The zero-order chi connectivity index (χ0) is 16.3. The summed E-state index contributed by atoms with van der Waals surface area (Å²) in [5.74, 6) is 0.248. The van der Waals surface area contributed by atoms with E-state index in [4.69, 9.17) is 0 Å². The minimum Gasteiger partial charge on any atom is -0.353 e. The van der Waals surface area contributed by atoms with Crippen LogP contribution in [0.1, 0.15) is 96.3 Å². The molecule has 0 bridgehead atoms. The first-order valence-electron chi connectivity index (χ1n) is 9.83. The van der Waals surface area contributed by atoms with Crippen LogP contribution in [0.5, 0.6) is 0 Å². The summed E-state index contributed by atoms with van der Waals surface area (Å²) in [6.45, 7) is 0. The summed E-state index contributed by atoms with van der Waals surface area (Å²) in [5, 5.41) is 6.30. The van der Waals surface area contributed by atoms with Crippen molar-refractivity contribution in [3.8, 4) is 0 Å². The molecule has 0 unspecified atom stereocenters. The third kappa shape index (κ3) is 7.85. The molecule has 0 aliphatic heterocycles. The summed E-state index contributed by atoms with van der Waals surface area (Å²) in [4.78, 5) is 24.0. The Morgan fingerprint density at radius 2 is 0.957 bits per heavy atom. The number of hydrogen-bond acceptors (Lipinski definition) is 2. The Hall–Kier alpha value is -1.06. The molecule has 0 saturated heterocycles. The van der Waals surface area contributed by atoms with Gasteiger partial charge in [-0.1, -0.05) is 51.4 Å². The second-order valence-electron chi connectivity index (χ2n) is 7.37. The van der Waals surface area contributed by atoms with Crippen molar-refractivity contribution >= 4 is 11.8 Å². The number of amides is 2. The summed E-state index contributed by atoms with van der Waals surface area (Å²) >= 11 is 0. The van der Waals surface area contributed by atoms with E-state index in [1.165, 1.54) is 51.4 Å². The van der Waals surface area contributed by atoms with Crippen LogP contribution in [0.25, 0.3) is 0 Å². The summed E-state index contributed by atoms with van der Waals surface area (Å²) in [5.41, 5.74) is 0. The predicted octanol–water partition coefficient (Wildman–Crippen LogP) is 3.83. The molecule has 2 saturated carbocycles. The standard InChI is InChI=1S/C19H34N2O2/c22-18(20-16-10-5-1-2-6-11-16)14-9-15-19(23)21-17-12-7-3-4-8-13-17/h16-17H,1-15H2,(H,20,22)(H,21,23). The van der Waals surface area contributed by atoms with Crippen LogP contribution in [0.15, 0.2) is 0 Å². The molecule has 0 aromatic heterocycles. The van der Waals surface area contributed by atoms with Crippen LogP contribution in [0.3, 0.4) is 0 Å². The molecule has 2 rings (SSSR count). The largest absolute Gasteiger partial charge is 0.353 e. The van der Waals surface area contributed by atoms with Crippen LogP contribution >= 0.6 is 0 Å². The van der Waals surface area contributed by atoms with Crippen LogP contribution in [0, 0.1) is 0 Å². The highest BCUT2D eigenvalue weighted by atomic mass is 16.2. The number of rotatable bonds is 6. The zero-order valence-electron chi connectivity index (χ0n) is 14.6. The molecule has 23 heavy (non-hydrogen) atoms. The van der Waals surface area contributed by atoms with Crippen molar-refractivity contribution in [1.29, 1.82) is 0 Å². The number of carbonyl (C=O) groups excluding carboxylic acids is 2. The first kappa shape index (κ1) is 18.3. The molecule has 2 amide bonds. The molecule has 0 aromatic carbocycles. The van der Waals surface area contributed by atoms with Gasteiger partial charge >= 0.3 is 0 Å². The minimum atomic E-state index is 0.124. The maximum atomic E-state index is 12.0. The first-order chi connectivity index (χ1) is 11.2. The summed E-state index contributed by atoms with van der Waals surface area (Å²) in [6.07, 6.45) is 16.2. The van der Waals surface area contributed by atoms with Gasteiger partial charge in [0.25, 0.3) is 0 Å². The third-order valence-corrected chi connectivity index (χ3v) is 5.25. The number of nitrogens with one attached hydrogen (secondary N) is 2. The Labute approximate surface area is 141 Å². The van der Waals surface area contributed by atoms with E-state index >= 15 is 0 Å². The van der Waals surface area contributed by atoms with Crippen molar-refractivity contribution in [2.45, 2.75) is 108 Å². The molecule has 2 N–H and O–H groups in total. The van der Waals surface area contributed by atoms with Gasteiger partial charge < -0.3 is 10.6 Å². The van der Waals surface area contributed by atoms with Crippen molar-refractivity contribution in [2.24, 2.45) is 0 Å². The lowest BCUT2D eigenvalue weighted by atomic mass is 10.1. The Balaban J connectivity index is 1.56. The van der Waals surface area contributed by atoms with E-state index in [9.17, 15) is 9.59 Å². The third-order valence-electron chi connectivity index (χ3n) is 5.25. The van der Waals surface area contributed by atoms with Crippen LogP contribution in [0.4, 0.5) is 0 Å². The highest BCUT2D eigenvalue weighted by Crippen LogP contribution is 2.18. The van der Waals surface area contributed by atoms with Crippen molar-refractivity contribution in [2.75, 3.05) is 0 Å². The van der Waals surface area contributed by atoms with E-state index in [0.29, 0.717) is 31.3 Å². The van der Waals surface area contributed by atoms with Gasteiger partial charge in [0.2, 0.25) is 11.8 Å². The number of hydrogen-bond donors (Lipinski definition) is 2. The van der Waals surface area contributed by atoms with Crippen LogP contribution in [-0.2, 0) is 9.59 Å². The molecule has 0 atom stereocenters. The SMILES string of the molecule is O=C(CCCC(=O)NC1CCCCCC1)NC1CCCCCC1. The lowest BCUT2D eigenvalue weighted by Crippen LogP contribution is -2.35. The van der Waals surface area contributed by atoms with E-state index in [2.05, 4.69) is 10.6 Å². The predicted molar refractivity (Wildman–Crippen MR) is 93.1 cm³/mol. The van der Waals surface area contributed by atoms with E-state index in [1.807, 2.05) is 0 Å². The first-order valence-corrected chi connectivity index (χ1v) is 9.83. The van der Waals surface area contributed by atoms with Crippen LogP contribution < -0.4 is 10.6 Å². The molecule has 4 nitrogen and oxygen atoms in total. The van der Waals surface area contributed by atoms with Crippen molar-refractivity contribution in [1.82, 2.24) is 10.6 Å². The number of carbonyl (C=O) groups is 2.